The fourth-order valence-corrected chi connectivity index (χ4v) is 3.07. The molecule has 0 saturated carbocycles. The Hall–Kier alpha value is -1.55. The largest absolute Gasteiger partial charge is 0.606 e. The second-order valence-electron chi connectivity index (χ2n) is 4.78. The first kappa shape index (κ1) is 14.9. The van der Waals surface area contributed by atoms with Crippen LogP contribution in [0.2, 0.25) is 0 Å². The maximum atomic E-state index is 12.8. The summed E-state index contributed by atoms with van der Waals surface area (Å²) in [5, 5.41) is 0. The zero-order valence-electron chi connectivity index (χ0n) is 11.8. The monoisotopic (exact) mass is 285 g/mol. The Labute approximate surface area is 123 Å². The highest BCUT2D eigenvalue weighted by Crippen LogP contribution is 2.27. The van der Waals surface area contributed by atoms with Crippen LogP contribution in [0.3, 0.4) is 0 Å². The summed E-state index contributed by atoms with van der Waals surface area (Å²) in [7, 11) is 4.01. The Kier molecular flexibility index (Phi) is 5.41. The summed E-state index contributed by atoms with van der Waals surface area (Å²) < 4.78 is 12.8. The van der Waals surface area contributed by atoms with Crippen LogP contribution < -0.4 is 0 Å². The first-order valence-corrected chi connectivity index (χ1v) is 7.70. The Bertz CT molecular complexity index is 552. The predicted molar refractivity (Wildman–Crippen MR) is 85.8 cm³/mol. The molecule has 3 heteroatoms. The van der Waals surface area contributed by atoms with Crippen LogP contribution in [0, 0.1) is 0 Å². The summed E-state index contributed by atoms with van der Waals surface area (Å²) in [6.45, 7) is 0.767. The highest BCUT2D eigenvalue weighted by molar-refractivity contribution is 8.00. The van der Waals surface area contributed by atoms with E-state index in [4.69, 9.17) is 0 Å². The molecule has 0 saturated heterocycles. The number of benzene rings is 2. The highest BCUT2D eigenvalue weighted by Gasteiger charge is 2.19. The molecular formula is C17H19NOS. The van der Waals surface area contributed by atoms with Crippen molar-refractivity contribution in [1.29, 1.82) is 0 Å². The second-order valence-corrected chi connectivity index (χ2v) is 6.23. The van der Waals surface area contributed by atoms with Gasteiger partial charge in [0.15, 0.2) is 9.80 Å². The molecule has 0 aromatic heterocycles. The standard InChI is InChI=1S/C17H19NOS/c1-18(2)14-13-17(15-9-5-3-6-10-15)20(19)16-11-7-4-8-12-16/h3-13H,14H2,1-2H3/b17-13-. The topological polar surface area (TPSA) is 26.3 Å². The van der Waals surface area contributed by atoms with E-state index in [0.29, 0.717) is 0 Å². The number of hydrogen-bond acceptors (Lipinski definition) is 2. The average Bonchev–Trinajstić information content (AvgIpc) is 2.49. The third-order valence-corrected chi connectivity index (χ3v) is 4.36. The molecule has 0 spiro atoms. The minimum Gasteiger partial charge on any atom is -0.606 e. The van der Waals surface area contributed by atoms with Gasteiger partial charge in [-0.1, -0.05) is 36.4 Å². The molecule has 0 aliphatic rings. The smallest absolute Gasteiger partial charge is 0.162 e. The van der Waals surface area contributed by atoms with Gasteiger partial charge in [0.05, 0.1) is 0 Å². The van der Waals surface area contributed by atoms with Crippen molar-refractivity contribution in [2.24, 2.45) is 0 Å². The van der Waals surface area contributed by atoms with Gasteiger partial charge in [-0.15, -0.1) is 0 Å². The van der Waals surface area contributed by atoms with Crippen LogP contribution in [0.5, 0.6) is 0 Å². The van der Waals surface area contributed by atoms with Gasteiger partial charge in [-0.2, -0.15) is 0 Å². The summed E-state index contributed by atoms with van der Waals surface area (Å²) in [4.78, 5) is 3.76. The molecule has 0 radical (unpaired) electrons. The van der Waals surface area contributed by atoms with Gasteiger partial charge in [0, 0.05) is 23.3 Å². The SMILES string of the molecule is CN(C)C/C=C(/c1ccccc1)[S+]([O-])c1ccccc1. The number of rotatable bonds is 5. The molecule has 1 atom stereocenters. The molecule has 104 valence electrons. The number of likely N-dealkylation sites (N-methyl/N-ethyl adjacent to an activating group) is 1. The molecule has 0 amide bonds. The molecule has 0 bridgehead atoms. The molecule has 20 heavy (non-hydrogen) atoms. The fraction of sp³-hybridized carbons (Fsp3) is 0.176. The third kappa shape index (κ3) is 3.97. The van der Waals surface area contributed by atoms with Crippen molar-refractivity contribution < 1.29 is 4.55 Å². The summed E-state index contributed by atoms with van der Waals surface area (Å²) in [5.41, 5.74) is 1.01. The first-order valence-electron chi connectivity index (χ1n) is 6.55. The maximum absolute atomic E-state index is 12.8. The predicted octanol–water partition coefficient (Wildman–Crippen LogP) is 3.40. The zero-order valence-corrected chi connectivity index (χ0v) is 12.6. The summed E-state index contributed by atoms with van der Waals surface area (Å²) >= 11 is -1.15. The Balaban J connectivity index is 2.34. The van der Waals surface area contributed by atoms with Crippen molar-refractivity contribution in [2.45, 2.75) is 4.90 Å². The Morgan fingerprint density at radius 1 is 1.00 bits per heavy atom. The van der Waals surface area contributed by atoms with E-state index in [9.17, 15) is 4.55 Å². The van der Waals surface area contributed by atoms with Crippen LogP contribution in [0.15, 0.2) is 71.6 Å². The lowest BCUT2D eigenvalue weighted by Crippen LogP contribution is -2.13. The molecular weight excluding hydrogens is 266 g/mol. The molecule has 0 N–H and O–H groups in total. The lowest BCUT2D eigenvalue weighted by Gasteiger charge is -2.15. The van der Waals surface area contributed by atoms with Crippen LogP contribution in [0.25, 0.3) is 4.91 Å². The van der Waals surface area contributed by atoms with Crippen molar-refractivity contribution in [3.05, 3.63) is 72.3 Å². The number of hydrogen-bond donors (Lipinski definition) is 0. The summed E-state index contributed by atoms with van der Waals surface area (Å²) in [5.74, 6) is 0. The summed E-state index contributed by atoms with van der Waals surface area (Å²) in [6, 6.07) is 19.5. The van der Waals surface area contributed by atoms with E-state index in [1.54, 1.807) is 0 Å². The van der Waals surface area contributed by atoms with Gasteiger partial charge in [0.2, 0.25) is 0 Å². The fourth-order valence-electron chi connectivity index (χ4n) is 1.84. The number of nitrogens with zero attached hydrogens (tertiary/aromatic N) is 1. The van der Waals surface area contributed by atoms with Crippen molar-refractivity contribution in [3.8, 4) is 0 Å². The maximum Gasteiger partial charge on any atom is 0.162 e. The van der Waals surface area contributed by atoms with E-state index < -0.39 is 11.2 Å². The van der Waals surface area contributed by atoms with Crippen LogP contribution in [0.4, 0.5) is 0 Å². The minimum atomic E-state index is -1.15. The van der Waals surface area contributed by atoms with E-state index in [2.05, 4.69) is 4.90 Å². The van der Waals surface area contributed by atoms with Gasteiger partial charge in [-0.3, -0.25) is 0 Å². The normalized spacial score (nSPS) is 13.5. The lowest BCUT2D eigenvalue weighted by molar-refractivity contribution is 0.457. The van der Waals surface area contributed by atoms with Crippen molar-refractivity contribution >= 4 is 16.1 Å². The highest BCUT2D eigenvalue weighted by atomic mass is 32.2. The van der Waals surface area contributed by atoms with Crippen molar-refractivity contribution in [3.63, 3.8) is 0 Å². The van der Waals surface area contributed by atoms with Crippen molar-refractivity contribution in [1.82, 2.24) is 4.90 Å². The molecule has 2 aromatic rings. The quantitative estimate of drug-likeness (QED) is 0.787. The third-order valence-electron chi connectivity index (χ3n) is 2.86. The van der Waals surface area contributed by atoms with Gasteiger partial charge in [0.1, 0.15) is 0 Å². The van der Waals surface area contributed by atoms with E-state index in [1.165, 1.54) is 0 Å². The minimum absolute atomic E-state index is 0.767. The van der Waals surface area contributed by atoms with Gasteiger partial charge < -0.3 is 9.45 Å². The second kappa shape index (κ2) is 7.29. The van der Waals surface area contributed by atoms with E-state index >= 15 is 0 Å². The Morgan fingerprint density at radius 2 is 1.55 bits per heavy atom. The van der Waals surface area contributed by atoms with Gasteiger partial charge in [-0.05, 0) is 44.4 Å². The first-order chi connectivity index (χ1) is 9.68. The molecule has 2 rings (SSSR count). The molecule has 0 fully saturated rings. The van der Waals surface area contributed by atoms with E-state index in [-0.39, 0.29) is 0 Å². The zero-order chi connectivity index (χ0) is 14.4. The molecule has 1 unspecified atom stereocenters. The van der Waals surface area contributed by atoms with Gasteiger partial charge >= 0.3 is 0 Å². The molecule has 0 aliphatic carbocycles. The summed E-state index contributed by atoms with van der Waals surface area (Å²) in [6.07, 6.45) is 2.04. The molecule has 0 heterocycles. The van der Waals surface area contributed by atoms with Crippen LogP contribution >= 0.6 is 0 Å². The van der Waals surface area contributed by atoms with Gasteiger partial charge in [0.25, 0.3) is 0 Å². The molecule has 2 nitrogen and oxygen atoms in total. The average molecular weight is 285 g/mol. The van der Waals surface area contributed by atoms with Crippen LogP contribution in [-0.2, 0) is 11.2 Å². The van der Waals surface area contributed by atoms with Crippen molar-refractivity contribution in [2.75, 3.05) is 20.6 Å². The molecule has 0 aliphatic heterocycles. The molecule has 2 aromatic carbocycles. The van der Waals surface area contributed by atoms with Crippen LogP contribution in [0.1, 0.15) is 5.56 Å². The Morgan fingerprint density at radius 3 is 2.10 bits per heavy atom. The van der Waals surface area contributed by atoms with E-state index in [1.807, 2.05) is 80.8 Å². The van der Waals surface area contributed by atoms with E-state index in [0.717, 1.165) is 21.9 Å². The van der Waals surface area contributed by atoms with Gasteiger partial charge in [-0.25, -0.2) is 0 Å². The van der Waals surface area contributed by atoms with Crippen LogP contribution in [-0.4, -0.2) is 30.1 Å². The lowest BCUT2D eigenvalue weighted by atomic mass is 10.2.